The Morgan fingerprint density at radius 3 is 2.95 bits per heavy atom. The first-order valence-electron chi connectivity index (χ1n) is 6.40. The van der Waals surface area contributed by atoms with Crippen LogP contribution in [0, 0.1) is 5.92 Å². The van der Waals surface area contributed by atoms with E-state index in [-0.39, 0.29) is 12.0 Å². The lowest BCUT2D eigenvalue weighted by atomic mass is 10.1. The van der Waals surface area contributed by atoms with E-state index in [1.807, 2.05) is 0 Å². The van der Waals surface area contributed by atoms with Gasteiger partial charge in [-0.15, -0.1) is 0 Å². The van der Waals surface area contributed by atoms with Crippen LogP contribution in [0.5, 0.6) is 5.75 Å². The Morgan fingerprint density at radius 2 is 2.32 bits per heavy atom. The van der Waals surface area contributed by atoms with Crippen LogP contribution in [-0.2, 0) is 0 Å². The average Bonchev–Trinajstić information content (AvgIpc) is 2.81. The Morgan fingerprint density at radius 1 is 1.53 bits per heavy atom. The molecule has 0 spiro atoms. The molecule has 104 valence electrons. The van der Waals surface area contributed by atoms with Crippen molar-refractivity contribution in [2.24, 2.45) is 5.92 Å². The first-order chi connectivity index (χ1) is 9.10. The van der Waals surface area contributed by atoms with Gasteiger partial charge in [-0.25, -0.2) is 0 Å². The van der Waals surface area contributed by atoms with E-state index in [1.54, 1.807) is 18.2 Å². The number of methoxy groups -OCH3 is 1. The molecule has 1 aromatic rings. The van der Waals surface area contributed by atoms with Crippen molar-refractivity contribution in [3.8, 4) is 5.75 Å². The number of amides is 1. The molecular weight excluding hydrogens is 266 g/mol. The molecule has 2 unspecified atom stereocenters. The fourth-order valence-electron chi connectivity index (χ4n) is 2.42. The molecular formula is C14H18ClNO3. The summed E-state index contributed by atoms with van der Waals surface area (Å²) in [7, 11) is 1.52. The smallest absolute Gasteiger partial charge is 0.255 e. The number of carbonyl (C=O) groups is 1. The van der Waals surface area contributed by atoms with Gasteiger partial charge in [-0.2, -0.15) is 0 Å². The van der Waals surface area contributed by atoms with Crippen LogP contribution < -0.4 is 10.1 Å². The van der Waals surface area contributed by atoms with E-state index in [0.29, 0.717) is 28.8 Å². The largest absolute Gasteiger partial charge is 0.496 e. The summed E-state index contributed by atoms with van der Waals surface area (Å²) in [4.78, 5) is 12.1. The van der Waals surface area contributed by atoms with Crippen molar-refractivity contribution in [3.05, 3.63) is 28.8 Å². The number of carbonyl (C=O) groups excluding carboxylic acids is 1. The van der Waals surface area contributed by atoms with Gasteiger partial charge < -0.3 is 15.2 Å². The lowest BCUT2D eigenvalue weighted by molar-refractivity contribution is 0.0942. The SMILES string of the molecule is COc1ccc(Cl)cc1C(=O)NCC1CCC(O)C1. The fourth-order valence-corrected chi connectivity index (χ4v) is 2.60. The second-order valence-electron chi connectivity index (χ2n) is 4.89. The molecule has 5 heteroatoms. The van der Waals surface area contributed by atoms with Gasteiger partial charge in [0.2, 0.25) is 0 Å². The lowest BCUT2D eigenvalue weighted by Gasteiger charge is -2.13. The zero-order valence-electron chi connectivity index (χ0n) is 10.9. The van der Waals surface area contributed by atoms with Gasteiger partial charge in [-0.1, -0.05) is 11.6 Å². The minimum absolute atomic E-state index is 0.194. The summed E-state index contributed by atoms with van der Waals surface area (Å²) in [5, 5.41) is 12.8. The van der Waals surface area contributed by atoms with Crippen LogP contribution in [-0.4, -0.2) is 30.8 Å². The maximum absolute atomic E-state index is 12.1. The predicted octanol–water partition coefficient (Wildman–Crippen LogP) is 2.24. The van der Waals surface area contributed by atoms with Crippen molar-refractivity contribution in [2.45, 2.75) is 25.4 Å². The van der Waals surface area contributed by atoms with Crippen molar-refractivity contribution >= 4 is 17.5 Å². The summed E-state index contributed by atoms with van der Waals surface area (Å²) in [5.74, 6) is 0.665. The van der Waals surface area contributed by atoms with E-state index in [2.05, 4.69) is 5.32 Å². The Balaban J connectivity index is 1.97. The molecule has 1 aliphatic rings. The van der Waals surface area contributed by atoms with Crippen molar-refractivity contribution in [3.63, 3.8) is 0 Å². The number of aliphatic hydroxyl groups is 1. The summed E-state index contributed by atoms with van der Waals surface area (Å²) < 4.78 is 5.15. The van der Waals surface area contributed by atoms with E-state index < -0.39 is 0 Å². The quantitative estimate of drug-likeness (QED) is 0.891. The number of rotatable bonds is 4. The Kier molecular flexibility index (Phi) is 4.66. The van der Waals surface area contributed by atoms with E-state index in [0.717, 1.165) is 19.3 Å². The second kappa shape index (κ2) is 6.26. The van der Waals surface area contributed by atoms with Crippen LogP contribution in [0.3, 0.4) is 0 Å². The van der Waals surface area contributed by atoms with Gasteiger partial charge in [-0.3, -0.25) is 4.79 Å². The molecule has 2 rings (SSSR count). The average molecular weight is 284 g/mol. The van der Waals surface area contributed by atoms with E-state index in [1.165, 1.54) is 7.11 Å². The number of aliphatic hydroxyl groups excluding tert-OH is 1. The van der Waals surface area contributed by atoms with Crippen LogP contribution in [0.25, 0.3) is 0 Å². The third-order valence-electron chi connectivity index (χ3n) is 3.47. The van der Waals surface area contributed by atoms with Crippen molar-refractivity contribution in [1.82, 2.24) is 5.32 Å². The summed E-state index contributed by atoms with van der Waals surface area (Å²) in [6.07, 6.45) is 2.31. The highest BCUT2D eigenvalue weighted by Crippen LogP contribution is 2.25. The number of halogens is 1. The zero-order chi connectivity index (χ0) is 13.8. The van der Waals surface area contributed by atoms with Crippen LogP contribution in [0.4, 0.5) is 0 Å². The van der Waals surface area contributed by atoms with Gasteiger partial charge in [0.25, 0.3) is 5.91 Å². The Hall–Kier alpha value is -1.26. The standard InChI is InChI=1S/C14H18ClNO3/c1-19-13-5-3-10(15)7-12(13)14(18)16-8-9-2-4-11(17)6-9/h3,5,7,9,11,17H,2,4,6,8H2,1H3,(H,16,18). The first-order valence-corrected chi connectivity index (χ1v) is 6.77. The van der Waals surface area contributed by atoms with Crippen molar-refractivity contribution in [1.29, 1.82) is 0 Å². The number of hydrogen-bond donors (Lipinski definition) is 2. The van der Waals surface area contributed by atoms with Gasteiger partial charge in [-0.05, 0) is 43.4 Å². The van der Waals surface area contributed by atoms with Gasteiger partial charge in [0, 0.05) is 11.6 Å². The molecule has 19 heavy (non-hydrogen) atoms. The third kappa shape index (κ3) is 3.61. The third-order valence-corrected chi connectivity index (χ3v) is 3.71. The van der Waals surface area contributed by atoms with Crippen LogP contribution in [0.2, 0.25) is 5.02 Å². The molecule has 1 amide bonds. The molecule has 0 bridgehead atoms. The molecule has 1 aromatic carbocycles. The van der Waals surface area contributed by atoms with Crippen molar-refractivity contribution in [2.75, 3.05) is 13.7 Å². The molecule has 4 nitrogen and oxygen atoms in total. The summed E-state index contributed by atoms with van der Waals surface area (Å²) in [6.45, 7) is 0.575. The minimum atomic E-state index is -0.220. The Labute approximate surface area is 117 Å². The lowest BCUT2D eigenvalue weighted by Crippen LogP contribution is -2.29. The fraction of sp³-hybridized carbons (Fsp3) is 0.500. The highest BCUT2D eigenvalue weighted by Gasteiger charge is 2.23. The molecule has 1 fully saturated rings. The van der Waals surface area contributed by atoms with Gasteiger partial charge in [0.05, 0.1) is 18.8 Å². The maximum atomic E-state index is 12.1. The molecule has 2 N–H and O–H groups in total. The van der Waals surface area contributed by atoms with Crippen LogP contribution >= 0.6 is 11.6 Å². The molecule has 0 radical (unpaired) electrons. The molecule has 0 saturated heterocycles. The molecule has 1 saturated carbocycles. The first kappa shape index (κ1) is 14.2. The summed E-state index contributed by atoms with van der Waals surface area (Å²) in [5.41, 5.74) is 0.438. The number of hydrogen-bond acceptors (Lipinski definition) is 3. The predicted molar refractivity (Wildman–Crippen MR) is 73.7 cm³/mol. The maximum Gasteiger partial charge on any atom is 0.255 e. The van der Waals surface area contributed by atoms with E-state index in [4.69, 9.17) is 16.3 Å². The number of nitrogens with one attached hydrogen (secondary N) is 1. The minimum Gasteiger partial charge on any atom is -0.496 e. The van der Waals surface area contributed by atoms with Gasteiger partial charge in [0.15, 0.2) is 0 Å². The summed E-state index contributed by atoms with van der Waals surface area (Å²) in [6, 6.07) is 4.96. The van der Waals surface area contributed by atoms with E-state index in [9.17, 15) is 9.90 Å². The molecule has 2 atom stereocenters. The molecule has 1 aliphatic carbocycles. The van der Waals surface area contributed by atoms with Gasteiger partial charge >= 0.3 is 0 Å². The Bertz CT molecular complexity index is 464. The monoisotopic (exact) mass is 283 g/mol. The topological polar surface area (TPSA) is 58.6 Å². The van der Waals surface area contributed by atoms with Crippen LogP contribution in [0.1, 0.15) is 29.6 Å². The highest BCUT2D eigenvalue weighted by molar-refractivity contribution is 6.31. The van der Waals surface area contributed by atoms with Gasteiger partial charge in [0.1, 0.15) is 5.75 Å². The molecule has 0 heterocycles. The number of benzene rings is 1. The molecule has 0 aliphatic heterocycles. The number of ether oxygens (including phenoxy) is 1. The zero-order valence-corrected chi connectivity index (χ0v) is 11.6. The second-order valence-corrected chi connectivity index (χ2v) is 5.32. The summed E-state index contributed by atoms with van der Waals surface area (Å²) >= 11 is 5.90. The van der Waals surface area contributed by atoms with E-state index >= 15 is 0 Å². The molecule has 0 aromatic heterocycles. The normalized spacial score (nSPS) is 22.3. The highest BCUT2D eigenvalue weighted by atomic mass is 35.5. The van der Waals surface area contributed by atoms with Crippen molar-refractivity contribution < 1.29 is 14.6 Å². The van der Waals surface area contributed by atoms with Crippen LogP contribution in [0.15, 0.2) is 18.2 Å².